The molecule has 0 radical (unpaired) electrons. The summed E-state index contributed by atoms with van der Waals surface area (Å²) in [6.07, 6.45) is 5.19. The van der Waals surface area contributed by atoms with Crippen LogP contribution in [0.5, 0.6) is 0 Å². The number of carboxylic acids is 1. The van der Waals surface area contributed by atoms with E-state index in [4.69, 9.17) is 4.74 Å². The van der Waals surface area contributed by atoms with Gasteiger partial charge < -0.3 is 19.7 Å². The van der Waals surface area contributed by atoms with Gasteiger partial charge in [-0.1, -0.05) is 31.5 Å². The summed E-state index contributed by atoms with van der Waals surface area (Å²) in [5.74, 6) is -0.653. The lowest BCUT2D eigenvalue weighted by atomic mass is 9.92. The minimum absolute atomic E-state index is 0.000454. The Balaban J connectivity index is 1.65. The fraction of sp³-hybridized carbons (Fsp3) is 0.522. The van der Waals surface area contributed by atoms with Gasteiger partial charge in [0.2, 0.25) is 0 Å². The smallest absolute Gasteiger partial charge is 0.407 e. The van der Waals surface area contributed by atoms with Crippen LogP contribution in [0.2, 0.25) is 0 Å². The lowest BCUT2D eigenvalue weighted by Crippen LogP contribution is -2.35. The minimum atomic E-state index is -0.945. The molecule has 0 unspecified atom stereocenters. The molecule has 1 saturated carbocycles. The van der Waals surface area contributed by atoms with E-state index in [1.807, 2.05) is 61.9 Å². The number of aromatic nitrogens is 2. The number of hydrogen-bond donors (Lipinski definition) is 2. The van der Waals surface area contributed by atoms with E-state index in [9.17, 15) is 14.7 Å². The maximum absolute atomic E-state index is 12.2. The third-order valence-electron chi connectivity index (χ3n) is 5.71. The van der Waals surface area contributed by atoms with Crippen molar-refractivity contribution in [2.45, 2.75) is 58.0 Å². The van der Waals surface area contributed by atoms with E-state index >= 15 is 0 Å². The molecule has 1 heterocycles. The highest BCUT2D eigenvalue weighted by Crippen LogP contribution is 2.57. The summed E-state index contributed by atoms with van der Waals surface area (Å²) in [6, 6.07) is 9.72. The van der Waals surface area contributed by atoms with Gasteiger partial charge in [-0.05, 0) is 57.6 Å². The number of carbonyl (C=O) groups excluding carboxylic acids is 1. The Kier molecular flexibility index (Phi) is 6.19. The SMILES string of the molecule is CC[C@@H](CNC(=O)OC(C)(C)C)C[C@H]1C[C@]1(C(=O)O)c1cn(-c2ccccc2)cn1. The number of alkyl carbamates (subject to hydrolysis) is 1. The summed E-state index contributed by atoms with van der Waals surface area (Å²) >= 11 is 0. The first-order chi connectivity index (χ1) is 14.2. The number of para-hydroxylation sites is 1. The quantitative estimate of drug-likeness (QED) is 0.678. The molecule has 0 bridgehead atoms. The van der Waals surface area contributed by atoms with E-state index in [0.29, 0.717) is 18.7 Å². The van der Waals surface area contributed by atoms with Crippen molar-refractivity contribution < 1.29 is 19.4 Å². The second-order valence-corrected chi connectivity index (χ2v) is 9.07. The van der Waals surface area contributed by atoms with E-state index in [1.165, 1.54) is 0 Å². The molecule has 1 aromatic carbocycles. The largest absolute Gasteiger partial charge is 0.481 e. The predicted molar refractivity (Wildman–Crippen MR) is 114 cm³/mol. The van der Waals surface area contributed by atoms with Crippen LogP contribution in [-0.2, 0) is 14.9 Å². The average Bonchev–Trinajstić information content (AvgIpc) is 3.19. The first kappa shape index (κ1) is 21.9. The molecule has 3 rings (SSSR count). The molecule has 0 aliphatic heterocycles. The van der Waals surface area contributed by atoms with Crippen LogP contribution in [0, 0.1) is 11.8 Å². The Morgan fingerprint density at radius 3 is 2.63 bits per heavy atom. The number of nitrogens with zero attached hydrogens (tertiary/aromatic N) is 2. The van der Waals surface area contributed by atoms with Crippen LogP contribution in [0.3, 0.4) is 0 Å². The lowest BCUT2D eigenvalue weighted by molar-refractivity contribution is -0.140. The van der Waals surface area contributed by atoms with Crippen molar-refractivity contribution in [3.63, 3.8) is 0 Å². The van der Waals surface area contributed by atoms with E-state index in [2.05, 4.69) is 17.2 Å². The molecule has 2 N–H and O–H groups in total. The second kappa shape index (κ2) is 8.50. The third-order valence-corrected chi connectivity index (χ3v) is 5.71. The van der Waals surface area contributed by atoms with Crippen molar-refractivity contribution >= 4 is 12.1 Å². The van der Waals surface area contributed by atoms with Crippen LogP contribution in [0.15, 0.2) is 42.9 Å². The molecule has 1 fully saturated rings. The van der Waals surface area contributed by atoms with Gasteiger partial charge in [0.1, 0.15) is 11.0 Å². The maximum Gasteiger partial charge on any atom is 0.407 e. The predicted octanol–water partition coefficient (Wildman–Crippen LogP) is 4.16. The van der Waals surface area contributed by atoms with Crippen LogP contribution >= 0.6 is 0 Å². The van der Waals surface area contributed by atoms with Gasteiger partial charge >= 0.3 is 12.1 Å². The molecule has 1 aromatic heterocycles. The fourth-order valence-corrected chi connectivity index (χ4v) is 3.93. The number of ether oxygens (including phenoxy) is 1. The fourth-order valence-electron chi connectivity index (χ4n) is 3.93. The van der Waals surface area contributed by atoms with Crippen molar-refractivity contribution in [3.8, 4) is 5.69 Å². The van der Waals surface area contributed by atoms with Crippen LogP contribution in [0.4, 0.5) is 4.79 Å². The molecule has 0 spiro atoms. The molecule has 7 nitrogen and oxygen atoms in total. The number of nitrogens with one attached hydrogen (secondary N) is 1. The topological polar surface area (TPSA) is 93.5 Å². The highest BCUT2D eigenvalue weighted by atomic mass is 16.6. The summed E-state index contributed by atoms with van der Waals surface area (Å²) in [5.41, 5.74) is 0.0540. The van der Waals surface area contributed by atoms with Gasteiger partial charge in [-0.2, -0.15) is 0 Å². The minimum Gasteiger partial charge on any atom is -0.481 e. The number of carbonyl (C=O) groups is 2. The molecule has 0 saturated heterocycles. The number of hydrogen-bond acceptors (Lipinski definition) is 4. The zero-order valence-corrected chi connectivity index (χ0v) is 18.1. The van der Waals surface area contributed by atoms with Crippen molar-refractivity contribution in [2.75, 3.05) is 6.54 Å². The van der Waals surface area contributed by atoms with Crippen molar-refractivity contribution in [3.05, 3.63) is 48.5 Å². The Labute approximate surface area is 177 Å². The van der Waals surface area contributed by atoms with E-state index < -0.39 is 23.1 Å². The lowest BCUT2D eigenvalue weighted by Gasteiger charge is -2.22. The summed E-state index contributed by atoms with van der Waals surface area (Å²) in [4.78, 5) is 28.6. The molecular formula is C23H31N3O4. The Bertz CT molecular complexity index is 887. The van der Waals surface area contributed by atoms with Crippen LogP contribution < -0.4 is 5.32 Å². The molecule has 7 heteroatoms. The average molecular weight is 414 g/mol. The first-order valence-corrected chi connectivity index (χ1v) is 10.5. The molecule has 162 valence electrons. The number of amides is 1. The molecule has 2 aromatic rings. The van der Waals surface area contributed by atoms with E-state index in [-0.39, 0.29) is 11.8 Å². The summed E-state index contributed by atoms with van der Waals surface area (Å²) in [7, 11) is 0. The molecule has 1 aliphatic carbocycles. The molecule has 3 atom stereocenters. The monoisotopic (exact) mass is 413 g/mol. The number of aliphatic carboxylic acids is 1. The van der Waals surface area contributed by atoms with Crippen molar-refractivity contribution in [2.24, 2.45) is 11.8 Å². The number of rotatable bonds is 8. The van der Waals surface area contributed by atoms with Gasteiger partial charge in [-0.3, -0.25) is 4.79 Å². The van der Waals surface area contributed by atoms with Gasteiger partial charge in [0, 0.05) is 18.4 Å². The Morgan fingerprint density at radius 2 is 2.03 bits per heavy atom. The zero-order chi connectivity index (χ0) is 21.9. The first-order valence-electron chi connectivity index (χ1n) is 10.5. The molecule has 1 aliphatic rings. The zero-order valence-electron chi connectivity index (χ0n) is 18.1. The van der Waals surface area contributed by atoms with Gasteiger partial charge in [-0.25, -0.2) is 9.78 Å². The highest BCUT2D eigenvalue weighted by molar-refractivity contribution is 5.85. The third kappa shape index (κ3) is 4.83. The number of imidazole rings is 1. The van der Waals surface area contributed by atoms with Crippen LogP contribution in [0.1, 0.15) is 52.7 Å². The van der Waals surface area contributed by atoms with Crippen molar-refractivity contribution in [1.82, 2.24) is 14.9 Å². The second-order valence-electron chi connectivity index (χ2n) is 9.07. The summed E-state index contributed by atoms with van der Waals surface area (Å²) < 4.78 is 7.15. The highest BCUT2D eigenvalue weighted by Gasteiger charge is 2.63. The van der Waals surface area contributed by atoms with E-state index in [0.717, 1.165) is 18.5 Å². The van der Waals surface area contributed by atoms with Crippen molar-refractivity contribution in [1.29, 1.82) is 0 Å². The molecular weight excluding hydrogens is 382 g/mol. The summed E-state index contributed by atoms with van der Waals surface area (Å²) in [5, 5.41) is 12.8. The maximum atomic E-state index is 12.2. The number of benzene rings is 1. The van der Waals surface area contributed by atoms with Crippen LogP contribution in [-0.4, -0.2) is 38.9 Å². The summed E-state index contributed by atoms with van der Waals surface area (Å²) in [6.45, 7) is 7.99. The number of carboxylic acid groups (broad SMARTS) is 1. The molecule has 1 amide bonds. The van der Waals surface area contributed by atoms with Gasteiger partial charge in [-0.15, -0.1) is 0 Å². The normalized spacial score (nSPS) is 21.7. The van der Waals surface area contributed by atoms with Crippen LogP contribution in [0.25, 0.3) is 5.69 Å². The van der Waals surface area contributed by atoms with Gasteiger partial charge in [0.25, 0.3) is 0 Å². The Morgan fingerprint density at radius 1 is 1.33 bits per heavy atom. The van der Waals surface area contributed by atoms with Gasteiger partial charge in [0.05, 0.1) is 12.0 Å². The Hall–Kier alpha value is -2.83. The standard InChI is InChI=1S/C23H31N3O4/c1-5-16(13-24-21(29)30-22(2,3)4)11-17-12-23(17,20(27)28)19-14-26(15-25-19)18-9-7-6-8-10-18/h6-10,14-17H,5,11-13H2,1-4H3,(H,24,29)(H,27,28)/t16-,17+,23-/m1/s1. The van der Waals surface area contributed by atoms with Gasteiger partial charge in [0.15, 0.2) is 0 Å². The van der Waals surface area contributed by atoms with E-state index in [1.54, 1.807) is 6.33 Å². The molecule has 30 heavy (non-hydrogen) atoms.